The van der Waals surface area contributed by atoms with Gasteiger partial charge in [-0.15, -0.1) is 11.8 Å². The summed E-state index contributed by atoms with van der Waals surface area (Å²) in [5, 5.41) is 0. The van der Waals surface area contributed by atoms with E-state index in [-0.39, 0.29) is 6.10 Å². The van der Waals surface area contributed by atoms with Crippen LogP contribution in [0.4, 0.5) is 0 Å². The third kappa shape index (κ3) is 2.67. The van der Waals surface area contributed by atoms with Crippen LogP contribution in [-0.2, 0) is 6.42 Å². The highest BCUT2D eigenvalue weighted by Crippen LogP contribution is 2.39. The van der Waals surface area contributed by atoms with Gasteiger partial charge in [0.1, 0.15) is 16.2 Å². The van der Waals surface area contributed by atoms with Gasteiger partial charge >= 0.3 is 0 Å². The van der Waals surface area contributed by atoms with Crippen LogP contribution in [0.3, 0.4) is 0 Å². The number of nitrogens with zero attached hydrogens (tertiary/aromatic N) is 1. The number of hydrogen-bond donors (Lipinski definition) is 1. The van der Waals surface area contributed by atoms with Crippen molar-refractivity contribution in [3.63, 3.8) is 0 Å². The predicted molar refractivity (Wildman–Crippen MR) is 79.3 cm³/mol. The number of para-hydroxylation sites is 1. The molecule has 1 aliphatic rings. The molecule has 3 nitrogen and oxygen atoms in total. The topological polar surface area (TPSA) is 37.9 Å². The maximum absolute atomic E-state index is 6.01. The van der Waals surface area contributed by atoms with E-state index in [0.29, 0.717) is 4.64 Å². The Morgan fingerprint density at radius 1 is 1.47 bits per heavy atom. The number of nitrogens with one attached hydrogen (secondary N) is 1. The number of aryl methyl sites for hydroxylation is 1. The average molecular weight is 290 g/mol. The summed E-state index contributed by atoms with van der Waals surface area (Å²) in [6.45, 7) is 2.09. The minimum absolute atomic E-state index is 0.0619. The largest absolute Gasteiger partial charge is 0.480 e. The quantitative estimate of drug-likeness (QED) is 0.851. The summed E-state index contributed by atoms with van der Waals surface area (Å²) in [6, 6.07) is 9.99. The van der Waals surface area contributed by atoms with E-state index in [0.717, 1.165) is 29.4 Å². The molecule has 1 aromatic heterocycles. The number of ether oxygens (including phenoxy) is 1. The molecule has 0 bridgehead atoms. The highest BCUT2D eigenvalue weighted by molar-refractivity contribution is 7.99. The van der Waals surface area contributed by atoms with Crippen LogP contribution in [0.15, 0.2) is 35.2 Å². The fourth-order valence-corrected chi connectivity index (χ4v) is 3.26. The SMILES string of the molecule is CCc1cc(=S)nc(C2CSc3ccccc3O2)[nH]1. The van der Waals surface area contributed by atoms with Crippen molar-refractivity contribution in [2.45, 2.75) is 24.3 Å². The van der Waals surface area contributed by atoms with E-state index in [1.807, 2.05) is 24.3 Å². The van der Waals surface area contributed by atoms with Gasteiger partial charge in [-0.2, -0.15) is 0 Å². The van der Waals surface area contributed by atoms with Crippen molar-refractivity contribution in [2.24, 2.45) is 0 Å². The molecule has 0 amide bonds. The molecule has 1 unspecified atom stereocenters. The number of aromatic nitrogens is 2. The van der Waals surface area contributed by atoms with Crippen LogP contribution in [-0.4, -0.2) is 15.7 Å². The van der Waals surface area contributed by atoms with Crippen LogP contribution in [0.25, 0.3) is 0 Å². The number of fused-ring (bicyclic) bond motifs is 1. The molecule has 0 saturated heterocycles. The molecule has 98 valence electrons. The fraction of sp³-hybridized carbons (Fsp3) is 0.286. The summed E-state index contributed by atoms with van der Waals surface area (Å²) in [6.07, 6.45) is 0.850. The first kappa shape index (κ1) is 12.7. The van der Waals surface area contributed by atoms with E-state index in [1.54, 1.807) is 11.8 Å². The summed E-state index contributed by atoms with van der Waals surface area (Å²) in [5.74, 6) is 2.60. The van der Waals surface area contributed by atoms with Gasteiger partial charge in [-0.1, -0.05) is 31.3 Å². The summed E-state index contributed by atoms with van der Waals surface area (Å²) < 4.78 is 6.63. The van der Waals surface area contributed by atoms with Gasteiger partial charge in [0.05, 0.1) is 0 Å². The highest BCUT2D eigenvalue weighted by atomic mass is 32.2. The van der Waals surface area contributed by atoms with Crippen LogP contribution in [0.2, 0.25) is 0 Å². The van der Waals surface area contributed by atoms with E-state index < -0.39 is 0 Å². The summed E-state index contributed by atoms with van der Waals surface area (Å²) >= 11 is 7.00. The van der Waals surface area contributed by atoms with Crippen molar-refractivity contribution in [1.29, 1.82) is 0 Å². The molecule has 1 aliphatic heterocycles. The summed E-state index contributed by atoms with van der Waals surface area (Å²) in [7, 11) is 0. The lowest BCUT2D eigenvalue weighted by Crippen LogP contribution is -2.18. The minimum atomic E-state index is -0.0619. The second kappa shape index (κ2) is 5.35. The zero-order chi connectivity index (χ0) is 13.2. The van der Waals surface area contributed by atoms with Crippen molar-refractivity contribution in [3.05, 3.63) is 46.5 Å². The van der Waals surface area contributed by atoms with Crippen LogP contribution < -0.4 is 4.74 Å². The van der Waals surface area contributed by atoms with Crippen molar-refractivity contribution in [1.82, 2.24) is 9.97 Å². The molecule has 1 N–H and O–H groups in total. The Morgan fingerprint density at radius 3 is 3.16 bits per heavy atom. The molecule has 0 spiro atoms. The monoisotopic (exact) mass is 290 g/mol. The molecule has 0 aliphatic carbocycles. The molecule has 19 heavy (non-hydrogen) atoms. The second-order valence-corrected chi connectivity index (χ2v) is 5.83. The van der Waals surface area contributed by atoms with Gasteiger partial charge < -0.3 is 9.72 Å². The molecular weight excluding hydrogens is 276 g/mol. The number of H-pyrrole nitrogens is 1. The molecule has 3 rings (SSSR count). The third-order valence-electron chi connectivity index (χ3n) is 3.01. The Morgan fingerprint density at radius 2 is 2.32 bits per heavy atom. The molecule has 0 fully saturated rings. The molecule has 2 aromatic rings. The molecule has 0 saturated carbocycles. The zero-order valence-corrected chi connectivity index (χ0v) is 12.2. The Labute approximate surface area is 121 Å². The van der Waals surface area contributed by atoms with E-state index in [9.17, 15) is 0 Å². The van der Waals surface area contributed by atoms with Gasteiger partial charge in [0.2, 0.25) is 0 Å². The van der Waals surface area contributed by atoms with Gasteiger partial charge in [-0.3, -0.25) is 0 Å². The highest BCUT2D eigenvalue weighted by Gasteiger charge is 2.23. The smallest absolute Gasteiger partial charge is 0.165 e. The van der Waals surface area contributed by atoms with E-state index in [2.05, 4.69) is 23.0 Å². The van der Waals surface area contributed by atoms with Crippen LogP contribution in [0.5, 0.6) is 5.75 Å². The lowest BCUT2D eigenvalue weighted by Gasteiger charge is -2.25. The minimum Gasteiger partial charge on any atom is -0.480 e. The number of hydrogen-bond acceptors (Lipinski definition) is 4. The molecule has 5 heteroatoms. The summed E-state index contributed by atoms with van der Waals surface area (Å²) in [4.78, 5) is 8.90. The predicted octanol–water partition coefficient (Wildman–Crippen LogP) is 3.93. The van der Waals surface area contributed by atoms with Crippen molar-refractivity contribution < 1.29 is 4.74 Å². The number of benzene rings is 1. The number of thioether (sulfide) groups is 1. The fourth-order valence-electron chi connectivity index (χ4n) is 2.03. The van der Waals surface area contributed by atoms with Gasteiger partial charge in [0.25, 0.3) is 0 Å². The van der Waals surface area contributed by atoms with E-state index in [4.69, 9.17) is 17.0 Å². The zero-order valence-electron chi connectivity index (χ0n) is 10.6. The Bertz CT molecular complexity index is 654. The Kier molecular flexibility index (Phi) is 3.57. The van der Waals surface area contributed by atoms with Gasteiger partial charge in [0.15, 0.2) is 6.10 Å². The maximum Gasteiger partial charge on any atom is 0.165 e. The molecule has 0 radical (unpaired) electrons. The first-order valence-corrected chi connectivity index (χ1v) is 7.64. The number of rotatable bonds is 2. The normalized spacial score (nSPS) is 17.6. The Balaban J connectivity index is 1.93. The maximum atomic E-state index is 6.01. The number of aromatic amines is 1. The van der Waals surface area contributed by atoms with Crippen LogP contribution in [0, 0.1) is 4.64 Å². The van der Waals surface area contributed by atoms with E-state index >= 15 is 0 Å². The average Bonchev–Trinajstić information content (AvgIpc) is 2.46. The standard InChI is InChI=1S/C14H14N2OS2/c1-2-9-7-13(18)16-14(15-9)11-8-19-12-6-4-3-5-10(12)17-11/h3-7,11H,2,8H2,1H3,(H,15,16,18). The second-order valence-electron chi connectivity index (χ2n) is 4.35. The Hall–Kier alpha value is -1.33. The molecule has 1 aromatic carbocycles. The van der Waals surface area contributed by atoms with Crippen molar-refractivity contribution in [2.75, 3.05) is 5.75 Å². The molecular formula is C14H14N2OS2. The third-order valence-corrected chi connectivity index (χ3v) is 4.34. The van der Waals surface area contributed by atoms with Crippen LogP contribution >= 0.6 is 24.0 Å². The lowest BCUT2D eigenvalue weighted by atomic mass is 10.3. The lowest BCUT2D eigenvalue weighted by molar-refractivity contribution is 0.210. The van der Waals surface area contributed by atoms with Gasteiger partial charge in [-0.05, 0) is 24.6 Å². The first-order valence-electron chi connectivity index (χ1n) is 6.25. The van der Waals surface area contributed by atoms with Crippen molar-refractivity contribution >= 4 is 24.0 Å². The van der Waals surface area contributed by atoms with Gasteiger partial charge in [0, 0.05) is 16.3 Å². The van der Waals surface area contributed by atoms with Crippen LogP contribution in [0.1, 0.15) is 24.5 Å². The first-order chi connectivity index (χ1) is 9.26. The summed E-state index contributed by atoms with van der Waals surface area (Å²) in [5.41, 5.74) is 1.10. The van der Waals surface area contributed by atoms with E-state index in [1.165, 1.54) is 4.90 Å². The van der Waals surface area contributed by atoms with Crippen molar-refractivity contribution in [3.8, 4) is 5.75 Å². The molecule has 1 atom stereocenters. The molecule has 2 heterocycles. The van der Waals surface area contributed by atoms with Gasteiger partial charge in [-0.25, -0.2) is 4.98 Å².